The average molecular weight is 244 g/mol. The molecule has 0 aliphatic heterocycles. The Morgan fingerprint density at radius 1 is 1.12 bits per heavy atom. The van der Waals surface area contributed by atoms with E-state index in [-0.39, 0.29) is 11.0 Å². The molecule has 0 atom stereocenters. The lowest BCUT2D eigenvalue weighted by Crippen LogP contribution is -2.38. The molecule has 0 aromatic heterocycles. The van der Waals surface area contributed by atoms with Gasteiger partial charge in [0.25, 0.3) is 0 Å². The van der Waals surface area contributed by atoms with Crippen LogP contribution in [0.15, 0.2) is 12.1 Å². The number of nitrogens with two attached hydrogens (primary N) is 1. The van der Waals surface area contributed by atoms with Crippen molar-refractivity contribution >= 4 is 11.6 Å². The van der Waals surface area contributed by atoms with E-state index < -0.39 is 16.7 Å². The molecule has 0 bridgehead atoms. The molecule has 1 aromatic rings. The van der Waals surface area contributed by atoms with Crippen LogP contribution >= 0.6 is 11.6 Å². The molecule has 16 heavy (non-hydrogen) atoms. The van der Waals surface area contributed by atoms with Gasteiger partial charge in [-0.2, -0.15) is 0 Å². The standard InChI is InChI=1S/C12H12ClF2N/c13-9-8(14)2-1-7(10(9)15)11(3-4-11)12(16)5-6-12/h1-2H,3-6,16H2. The van der Waals surface area contributed by atoms with Crippen molar-refractivity contribution in [1.29, 1.82) is 0 Å². The first-order valence-corrected chi connectivity index (χ1v) is 5.81. The van der Waals surface area contributed by atoms with Crippen LogP contribution in [0.5, 0.6) is 0 Å². The van der Waals surface area contributed by atoms with Crippen molar-refractivity contribution in [3.05, 3.63) is 34.4 Å². The maximum Gasteiger partial charge on any atom is 0.148 e. The predicted octanol–water partition coefficient (Wildman–Crippen LogP) is 3.14. The highest BCUT2D eigenvalue weighted by Crippen LogP contribution is 2.64. The highest BCUT2D eigenvalue weighted by Gasteiger charge is 2.65. The van der Waals surface area contributed by atoms with E-state index in [1.54, 1.807) is 0 Å². The van der Waals surface area contributed by atoms with Crippen molar-refractivity contribution in [3.8, 4) is 0 Å². The zero-order chi connectivity index (χ0) is 11.6. The minimum absolute atomic E-state index is 0.283. The summed E-state index contributed by atoms with van der Waals surface area (Å²) < 4.78 is 27.0. The Morgan fingerprint density at radius 2 is 1.75 bits per heavy atom. The van der Waals surface area contributed by atoms with Gasteiger partial charge in [0.2, 0.25) is 0 Å². The molecular formula is C12H12ClF2N. The smallest absolute Gasteiger partial charge is 0.148 e. The van der Waals surface area contributed by atoms with E-state index in [1.807, 2.05) is 0 Å². The number of rotatable bonds is 2. The largest absolute Gasteiger partial charge is 0.324 e. The summed E-state index contributed by atoms with van der Waals surface area (Å²) in [5.41, 5.74) is 6.11. The molecule has 0 unspecified atom stereocenters. The SMILES string of the molecule is NC1(C2(c3ccc(F)c(Cl)c3F)CC2)CC1. The van der Waals surface area contributed by atoms with Crippen LogP contribution in [-0.2, 0) is 5.41 Å². The molecule has 2 aliphatic rings. The molecular weight excluding hydrogens is 232 g/mol. The summed E-state index contributed by atoms with van der Waals surface area (Å²) in [6.07, 6.45) is 3.59. The Morgan fingerprint density at radius 3 is 2.25 bits per heavy atom. The van der Waals surface area contributed by atoms with Gasteiger partial charge in [0.15, 0.2) is 0 Å². The van der Waals surface area contributed by atoms with Crippen molar-refractivity contribution in [3.63, 3.8) is 0 Å². The lowest BCUT2D eigenvalue weighted by atomic mass is 9.86. The third-order valence-corrected chi connectivity index (χ3v) is 4.39. The Kier molecular flexibility index (Phi) is 1.94. The summed E-state index contributed by atoms with van der Waals surface area (Å²) >= 11 is 5.60. The second kappa shape index (κ2) is 2.96. The monoisotopic (exact) mass is 243 g/mol. The highest BCUT2D eigenvalue weighted by atomic mass is 35.5. The molecule has 0 saturated heterocycles. The minimum Gasteiger partial charge on any atom is -0.324 e. The Bertz CT molecular complexity index is 464. The fraction of sp³-hybridized carbons (Fsp3) is 0.500. The van der Waals surface area contributed by atoms with Gasteiger partial charge in [0, 0.05) is 11.0 Å². The second-order valence-electron chi connectivity index (χ2n) is 4.96. The van der Waals surface area contributed by atoms with E-state index in [4.69, 9.17) is 17.3 Å². The maximum atomic E-state index is 13.9. The molecule has 0 amide bonds. The molecule has 2 aliphatic carbocycles. The van der Waals surface area contributed by atoms with Crippen LogP contribution in [0.2, 0.25) is 5.02 Å². The molecule has 2 saturated carbocycles. The third kappa shape index (κ3) is 1.19. The number of hydrogen-bond acceptors (Lipinski definition) is 1. The zero-order valence-electron chi connectivity index (χ0n) is 8.69. The van der Waals surface area contributed by atoms with Crippen LogP contribution in [0, 0.1) is 11.6 Å². The van der Waals surface area contributed by atoms with E-state index in [9.17, 15) is 8.78 Å². The number of benzene rings is 1. The highest BCUT2D eigenvalue weighted by molar-refractivity contribution is 6.31. The summed E-state index contributed by atoms with van der Waals surface area (Å²) in [6.45, 7) is 0. The molecule has 3 rings (SSSR count). The fourth-order valence-electron chi connectivity index (χ4n) is 2.67. The number of hydrogen-bond donors (Lipinski definition) is 1. The van der Waals surface area contributed by atoms with Crippen molar-refractivity contribution in [2.45, 2.75) is 36.6 Å². The first kappa shape index (κ1) is 10.5. The Balaban J connectivity index is 2.11. The summed E-state index contributed by atoms with van der Waals surface area (Å²) in [7, 11) is 0. The third-order valence-electron chi connectivity index (χ3n) is 4.04. The van der Waals surface area contributed by atoms with Crippen LogP contribution in [0.4, 0.5) is 8.78 Å². The lowest BCUT2D eigenvalue weighted by Gasteiger charge is -2.24. The van der Waals surface area contributed by atoms with E-state index >= 15 is 0 Å². The van der Waals surface area contributed by atoms with Gasteiger partial charge >= 0.3 is 0 Å². The van der Waals surface area contributed by atoms with Crippen LogP contribution in [0.1, 0.15) is 31.2 Å². The van der Waals surface area contributed by atoms with Gasteiger partial charge in [-0.3, -0.25) is 0 Å². The second-order valence-corrected chi connectivity index (χ2v) is 5.34. The Labute approximate surface area is 97.6 Å². The van der Waals surface area contributed by atoms with Gasteiger partial charge in [0.1, 0.15) is 16.7 Å². The van der Waals surface area contributed by atoms with E-state index in [1.165, 1.54) is 12.1 Å². The van der Waals surface area contributed by atoms with Crippen LogP contribution in [0.3, 0.4) is 0 Å². The first-order chi connectivity index (χ1) is 7.50. The van der Waals surface area contributed by atoms with Crippen LogP contribution < -0.4 is 5.73 Å². The van der Waals surface area contributed by atoms with Gasteiger partial charge in [-0.05, 0) is 37.3 Å². The molecule has 86 valence electrons. The molecule has 2 fully saturated rings. The topological polar surface area (TPSA) is 26.0 Å². The summed E-state index contributed by atoms with van der Waals surface area (Å²) in [5.74, 6) is -1.34. The summed E-state index contributed by atoms with van der Waals surface area (Å²) in [5, 5.41) is -0.409. The number of halogens is 3. The molecule has 1 aromatic carbocycles. The average Bonchev–Trinajstić information content (AvgIpc) is 3.11. The summed E-state index contributed by atoms with van der Waals surface area (Å²) in [6, 6.07) is 2.73. The van der Waals surface area contributed by atoms with E-state index in [2.05, 4.69) is 0 Å². The normalized spacial score (nSPS) is 24.2. The molecule has 2 N–H and O–H groups in total. The quantitative estimate of drug-likeness (QED) is 0.794. The molecule has 0 spiro atoms. The van der Waals surface area contributed by atoms with Crippen LogP contribution in [-0.4, -0.2) is 5.54 Å². The van der Waals surface area contributed by atoms with E-state index in [0.717, 1.165) is 25.7 Å². The van der Waals surface area contributed by atoms with Crippen molar-refractivity contribution in [1.82, 2.24) is 0 Å². The molecule has 0 heterocycles. The van der Waals surface area contributed by atoms with Crippen molar-refractivity contribution in [2.24, 2.45) is 5.73 Å². The molecule has 4 heteroatoms. The van der Waals surface area contributed by atoms with Crippen molar-refractivity contribution < 1.29 is 8.78 Å². The lowest BCUT2D eigenvalue weighted by molar-refractivity contribution is 0.469. The van der Waals surface area contributed by atoms with Crippen LogP contribution in [0.25, 0.3) is 0 Å². The van der Waals surface area contributed by atoms with Gasteiger partial charge in [-0.1, -0.05) is 17.7 Å². The fourth-order valence-corrected chi connectivity index (χ4v) is 2.83. The summed E-state index contributed by atoms with van der Waals surface area (Å²) in [4.78, 5) is 0. The van der Waals surface area contributed by atoms with Gasteiger partial charge in [-0.25, -0.2) is 8.78 Å². The maximum absolute atomic E-state index is 13.9. The zero-order valence-corrected chi connectivity index (χ0v) is 9.45. The Hall–Kier alpha value is -0.670. The van der Waals surface area contributed by atoms with E-state index in [0.29, 0.717) is 5.56 Å². The predicted molar refractivity (Wildman–Crippen MR) is 58.4 cm³/mol. The van der Waals surface area contributed by atoms with Gasteiger partial charge in [-0.15, -0.1) is 0 Å². The molecule has 0 radical (unpaired) electrons. The first-order valence-electron chi connectivity index (χ1n) is 5.43. The van der Waals surface area contributed by atoms with Gasteiger partial charge < -0.3 is 5.73 Å². The minimum atomic E-state index is -0.708. The van der Waals surface area contributed by atoms with Gasteiger partial charge in [0.05, 0.1) is 0 Å². The van der Waals surface area contributed by atoms with Crippen molar-refractivity contribution in [2.75, 3.05) is 0 Å². The molecule has 1 nitrogen and oxygen atoms in total.